The van der Waals surface area contributed by atoms with E-state index in [-0.39, 0.29) is 22.8 Å². The van der Waals surface area contributed by atoms with Crippen LogP contribution < -0.4 is 5.73 Å². The number of halogens is 2. The number of nitrogens with zero attached hydrogens (tertiary/aromatic N) is 1. The summed E-state index contributed by atoms with van der Waals surface area (Å²) in [6, 6.07) is 0. The van der Waals surface area contributed by atoms with Crippen molar-refractivity contribution in [2.24, 2.45) is 17.6 Å². The van der Waals surface area contributed by atoms with Crippen molar-refractivity contribution in [2.75, 3.05) is 13.1 Å². The fourth-order valence-corrected chi connectivity index (χ4v) is 3.70. The number of piperidine rings is 1. The molecule has 19 heavy (non-hydrogen) atoms. The van der Waals surface area contributed by atoms with Gasteiger partial charge in [-0.15, -0.1) is 23.2 Å². The van der Waals surface area contributed by atoms with E-state index in [4.69, 9.17) is 28.9 Å². The summed E-state index contributed by atoms with van der Waals surface area (Å²) in [4.78, 5) is 14.5. The Kier molecular flexibility index (Phi) is 5.53. The lowest BCUT2D eigenvalue weighted by atomic mass is 9.85. The van der Waals surface area contributed by atoms with E-state index in [0.717, 1.165) is 32.2 Å². The molecule has 0 radical (unpaired) electrons. The number of carbonyl (C=O) groups is 1. The smallest absolute Gasteiger partial charge is 0.150 e. The molecule has 2 rings (SSSR count). The number of hydrogen-bond donors (Lipinski definition) is 1. The summed E-state index contributed by atoms with van der Waals surface area (Å²) in [6.07, 6.45) is 4.58. The molecule has 0 bridgehead atoms. The van der Waals surface area contributed by atoms with Crippen LogP contribution in [0.4, 0.5) is 0 Å². The van der Waals surface area contributed by atoms with Crippen LogP contribution in [0.15, 0.2) is 0 Å². The Labute approximate surface area is 125 Å². The summed E-state index contributed by atoms with van der Waals surface area (Å²) in [6.45, 7) is 3.64. The summed E-state index contributed by atoms with van der Waals surface area (Å²) >= 11 is 12.3. The monoisotopic (exact) mass is 306 g/mol. The van der Waals surface area contributed by atoms with Gasteiger partial charge >= 0.3 is 0 Å². The highest BCUT2D eigenvalue weighted by Gasteiger charge is 2.33. The molecule has 0 aromatic carbocycles. The van der Waals surface area contributed by atoms with Gasteiger partial charge in [0, 0.05) is 17.8 Å². The molecule has 110 valence electrons. The molecule has 0 aromatic heterocycles. The van der Waals surface area contributed by atoms with Crippen molar-refractivity contribution in [1.29, 1.82) is 0 Å². The SMILES string of the molecule is CC1CCN(CC(=O)C2CCC(Cl)C(Cl)C2)C(N)C1. The Balaban J connectivity index is 1.84. The second-order valence-electron chi connectivity index (χ2n) is 6.18. The average molecular weight is 307 g/mol. The van der Waals surface area contributed by atoms with E-state index < -0.39 is 0 Å². The van der Waals surface area contributed by atoms with Gasteiger partial charge in [0.2, 0.25) is 0 Å². The lowest BCUT2D eigenvalue weighted by Gasteiger charge is -2.37. The lowest BCUT2D eigenvalue weighted by molar-refractivity contribution is -0.126. The molecule has 1 aliphatic carbocycles. The van der Waals surface area contributed by atoms with Crippen molar-refractivity contribution in [1.82, 2.24) is 4.90 Å². The maximum Gasteiger partial charge on any atom is 0.150 e. The summed E-state index contributed by atoms with van der Waals surface area (Å²) < 4.78 is 0. The predicted molar refractivity (Wildman–Crippen MR) is 79.6 cm³/mol. The first-order valence-electron chi connectivity index (χ1n) is 7.28. The maximum absolute atomic E-state index is 12.3. The van der Waals surface area contributed by atoms with Gasteiger partial charge in [-0.05, 0) is 38.0 Å². The van der Waals surface area contributed by atoms with Gasteiger partial charge in [-0.2, -0.15) is 0 Å². The van der Waals surface area contributed by atoms with Crippen LogP contribution in [0.1, 0.15) is 39.0 Å². The fraction of sp³-hybridized carbons (Fsp3) is 0.929. The third-order valence-corrected chi connectivity index (χ3v) is 5.66. The predicted octanol–water partition coefficient (Wildman–Crippen LogP) is 2.59. The molecule has 1 aliphatic heterocycles. The van der Waals surface area contributed by atoms with E-state index in [1.807, 2.05) is 0 Å². The second kappa shape index (κ2) is 6.75. The Bertz CT molecular complexity index is 327. The minimum atomic E-state index is -0.0700. The quantitative estimate of drug-likeness (QED) is 0.815. The number of ketones is 1. The molecule has 0 aromatic rings. The van der Waals surface area contributed by atoms with E-state index >= 15 is 0 Å². The molecule has 1 saturated carbocycles. The van der Waals surface area contributed by atoms with Crippen LogP contribution in [0.25, 0.3) is 0 Å². The number of likely N-dealkylation sites (tertiary alicyclic amines) is 1. The lowest BCUT2D eigenvalue weighted by Crippen LogP contribution is -2.50. The summed E-state index contributed by atoms with van der Waals surface area (Å²) in [5, 5.41) is -0.0526. The van der Waals surface area contributed by atoms with E-state index in [1.54, 1.807) is 0 Å². The molecule has 5 unspecified atom stereocenters. The first kappa shape index (κ1) is 15.6. The van der Waals surface area contributed by atoms with E-state index in [0.29, 0.717) is 24.7 Å². The normalized spacial score (nSPS) is 41.2. The Morgan fingerprint density at radius 2 is 1.95 bits per heavy atom. The second-order valence-corrected chi connectivity index (χ2v) is 7.30. The van der Waals surface area contributed by atoms with Crippen LogP contribution in [-0.2, 0) is 4.79 Å². The molecule has 0 amide bonds. The third kappa shape index (κ3) is 4.07. The van der Waals surface area contributed by atoms with Crippen molar-refractivity contribution in [3.05, 3.63) is 0 Å². The van der Waals surface area contributed by atoms with Crippen molar-refractivity contribution in [3.63, 3.8) is 0 Å². The van der Waals surface area contributed by atoms with E-state index in [2.05, 4.69) is 11.8 Å². The van der Waals surface area contributed by atoms with Gasteiger partial charge in [0.25, 0.3) is 0 Å². The van der Waals surface area contributed by atoms with Gasteiger partial charge < -0.3 is 5.73 Å². The molecular weight excluding hydrogens is 283 g/mol. The minimum absolute atomic E-state index is 0.0174. The highest BCUT2D eigenvalue weighted by atomic mass is 35.5. The molecular formula is C14H24Cl2N2O. The molecule has 2 fully saturated rings. The molecule has 3 nitrogen and oxygen atoms in total. The average Bonchev–Trinajstić information content (AvgIpc) is 2.36. The number of nitrogens with two attached hydrogens (primary N) is 1. The molecule has 1 saturated heterocycles. The zero-order valence-corrected chi connectivity index (χ0v) is 13.0. The first-order chi connectivity index (χ1) is 8.97. The van der Waals surface area contributed by atoms with Gasteiger partial charge in [0.1, 0.15) is 5.78 Å². The number of carbonyl (C=O) groups excluding carboxylic acids is 1. The molecule has 5 heteroatoms. The standard InChI is InChI=1S/C14H24Cl2N2O/c1-9-4-5-18(14(17)6-9)8-13(19)10-2-3-11(15)12(16)7-10/h9-12,14H,2-8,17H2,1H3. The topological polar surface area (TPSA) is 46.3 Å². The number of Topliss-reactive ketones (excluding diaryl/α,β-unsaturated/α-hetero) is 1. The minimum Gasteiger partial charge on any atom is -0.316 e. The highest BCUT2D eigenvalue weighted by Crippen LogP contribution is 2.32. The Morgan fingerprint density at radius 1 is 1.21 bits per heavy atom. The van der Waals surface area contributed by atoms with Crippen molar-refractivity contribution in [3.8, 4) is 0 Å². The highest BCUT2D eigenvalue weighted by molar-refractivity contribution is 6.30. The van der Waals surface area contributed by atoms with Crippen LogP contribution in [0.3, 0.4) is 0 Å². The zero-order valence-electron chi connectivity index (χ0n) is 11.5. The zero-order chi connectivity index (χ0) is 14.0. The van der Waals surface area contributed by atoms with Crippen molar-refractivity contribution in [2.45, 2.75) is 55.9 Å². The largest absolute Gasteiger partial charge is 0.316 e. The Morgan fingerprint density at radius 3 is 2.58 bits per heavy atom. The summed E-state index contributed by atoms with van der Waals surface area (Å²) in [7, 11) is 0. The maximum atomic E-state index is 12.3. The van der Waals surface area contributed by atoms with Crippen LogP contribution in [0.2, 0.25) is 0 Å². The summed E-state index contributed by atoms with van der Waals surface area (Å²) in [5.41, 5.74) is 6.12. The van der Waals surface area contributed by atoms with Crippen LogP contribution >= 0.6 is 23.2 Å². The van der Waals surface area contributed by atoms with Crippen molar-refractivity contribution < 1.29 is 4.79 Å². The third-order valence-electron chi connectivity index (χ3n) is 4.53. The van der Waals surface area contributed by atoms with Gasteiger partial charge in [-0.3, -0.25) is 9.69 Å². The van der Waals surface area contributed by atoms with Crippen LogP contribution in [0, 0.1) is 11.8 Å². The van der Waals surface area contributed by atoms with Gasteiger partial charge in [-0.25, -0.2) is 0 Å². The van der Waals surface area contributed by atoms with Gasteiger partial charge in [0.05, 0.1) is 18.1 Å². The van der Waals surface area contributed by atoms with Crippen molar-refractivity contribution >= 4 is 29.0 Å². The molecule has 0 spiro atoms. The summed E-state index contributed by atoms with van der Waals surface area (Å²) in [5.74, 6) is 1.03. The van der Waals surface area contributed by atoms with Gasteiger partial charge in [-0.1, -0.05) is 6.92 Å². The number of hydrogen-bond acceptors (Lipinski definition) is 3. The molecule has 2 N–H and O–H groups in total. The first-order valence-corrected chi connectivity index (χ1v) is 8.15. The molecule has 5 atom stereocenters. The number of alkyl halides is 2. The molecule has 1 heterocycles. The van der Waals surface area contributed by atoms with Crippen LogP contribution in [0.5, 0.6) is 0 Å². The number of rotatable bonds is 3. The van der Waals surface area contributed by atoms with Gasteiger partial charge in [0.15, 0.2) is 0 Å². The fourth-order valence-electron chi connectivity index (χ4n) is 3.13. The van der Waals surface area contributed by atoms with E-state index in [1.165, 1.54) is 0 Å². The van der Waals surface area contributed by atoms with Crippen LogP contribution in [-0.4, -0.2) is 40.7 Å². The molecule has 2 aliphatic rings. The van der Waals surface area contributed by atoms with E-state index in [9.17, 15) is 4.79 Å². The Hall–Kier alpha value is 0.170.